The van der Waals surface area contributed by atoms with E-state index in [0.717, 1.165) is 3.57 Å². The van der Waals surface area contributed by atoms with Crippen LogP contribution in [0.3, 0.4) is 0 Å². The summed E-state index contributed by atoms with van der Waals surface area (Å²) in [6, 6.07) is 9.96. The average molecular weight is 411 g/mol. The van der Waals surface area contributed by atoms with Crippen LogP contribution in [0.25, 0.3) is 0 Å². The van der Waals surface area contributed by atoms with Gasteiger partial charge >= 0.3 is 0 Å². The summed E-state index contributed by atoms with van der Waals surface area (Å²) in [7, 11) is 0. The summed E-state index contributed by atoms with van der Waals surface area (Å²) in [5, 5.41) is 1.36. The third-order valence-electron chi connectivity index (χ3n) is 2.35. The molecular formula is C13H6Cl3IO. The molecule has 0 heterocycles. The van der Waals surface area contributed by atoms with E-state index < -0.39 is 0 Å². The van der Waals surface area contributed by atoms with Gasteiger partial charge in [0, 0.05) is 24.7 Å². The molecule has 0 aromatic heterocycles. The second kappa shape index (κ2) is 5.78. The highest BCUT2D eigenvalue weighted by Gasteiger charge is 2.16. The number of hydrogen-bond acceptors (Lipinski definition) is 1. The monoisotopic (exact) mass is 410 g/mol. The molecule has 0 bridgehead atoms. The lowest BCUT2D eigenvalue weighted by molar-refractivity contribution is 0.103. The van der Waals surface area contributed by atoms with E-state index in [1.165, 1.54) is 0 Å². The molecule has 0 amide bonds. The zero-order chi connectivity index (χ0) is 13.3. The van der Waals surface area contributed by atoms with Gasteiger partial charge in [-0.1, -0.05) is 34.8 Å². The zero-order valence-corrected chi connectivity index (χ0v) is 13.3. The second-order valence-electron chi connectivity index (χ2n) is 3.58. The highest BCUT2D eigenvalue weighted by Crippen LogP contribution is 2.26. The SMILES string of the molecule is O=C(c1cc(Cl)ccc1Cl)c1cc(Cl)ccc1I. The molecule has 2 aromatic carbocycles. The van der Waals surface area contributed by atoms with Gasteiger partial charge in [-0.15, -0.1) is 0 Å². The fraction of sp³-hybridized carbons (Fsp3) is 0. The summed E-state index contributed by atoms with van der Waals surface area (Å²) in [5.74, 6) is -0.186. The zero-order valence-electron chi connectivity index (χ0n) is 8.88. The third kappa shape index (κ3) is 2.99. The molecule has 0 atom stereocenters. The van der Waals surface area contributed by atoms with E-state index in [9.17, 15) is 4.79 Å². The highest BCUT2D eigenvalue weighted by molar-refractivity contribution is 14.1. The fourth-order valence-electron chi connectivity index (χ4n) is 1.49. The fourth-order valence-corrected chi connectivity index (χ4v) is 2.62. The van der Waals surface area contributed by atoms with Crippen molar-refractivity contribution in [3.63, 3.8) is 0 Å². The van der Waals surface area contributed by atoms with Crippen molar-refractivity contribution in [3.8, 4) is 0 Å². The van der Waals surface area contributed by atoms with Crippen LogP contribution in [0, 0.1) is 3.57 Å². The molecule has 2 aromatic rings. The second-order valence-corrected chi connectivity index (χ2v) is 6.02. The van der Waals surface area contributed by atoms with Gasteiger partial charge in [-0.05, 0) is 59.0 Å². The first-order valence-corrected chi connectivity index (χ1v) is 7.15. The van der Waals surface area contributed by atoms with Gasteiger partial charge in [0.15, 0.2) is 5.78 Å². The Kier molecular flexibility index (Phi) is 4.54. The van der Waals surface area contributed by atoms with Crippen LogP contribution in [0.15, 0.2) is 36.4 Å². The first-order chi connectivity index (χ1) is 8.49. The maximum Gasteiger partial charge on any atom is 0.195 e. The molecule has 0 saturated carbocycles. The molecule has 2 rings (SSSR count). The summed E-state index contributed by atoms with van der Waals surface area (Å²) in [4.78, 5) is 12.4. The lowest BCUT2D eigenvalue weighted by Gasteiger charge is -2.07. The molecule has 0 radical (unpaired) electrons. The minimum absolute atomic E-state index is 0.186. The van der Waals surface area contributed by atoms with Crippen LogP contribution in [-0.4, -0.2) is 5.78 Å². The number of carbonyl (C=O) groups is 1. The summed E-state index contributed by atoms with van der Waals surface area (Å²) in [6.45, 7) is 0. The largest absolute Gasteiger partial charge is 0.289 e. The lowest BCUT2D eigenvalue weighted by atomic mass is 10.0. The van der Waals surface area contributed by atoms with E-state index >= 15 is 0 Å². The topological polar surface area (TPSA) is 17.1 Å². The normalized spacial score (nSPS) is 10.4. The van der Waals surface area contributed by atoms with Gasteiger partial charge in [-0.2, -0.15) is 0 Å². The van der Waals surface area contributed by atoms with Crippen LogP contribution in [0.5, 0.6) is 0 Å². The molecule has 0 N–H and O–H groups in total. The summed E-state index contributed by atoms with van der Waals surface area (Å²) in [6.07, 6.45) is 0. The standard InChI is InChI=1S/C13H6Cl3IO/c14-7-1-3-11(16)9(5-7)13(18)10-6-8(15)2-4-12(10)17/h1-6H. The van der Waals surface area contributed by atoms with Crippen LogP contribution < -0.4 is 0 Å². The predicted octanol–water partition coefficient (Wildman–Crippen LogP) is 5.48. The maximum atomic E-state index is 12.4. The molecule has 0 spiro atoms. The van der Waals surface area contributed by atoms with Crippen LogP contribution in [-0.2, 0) is 0 Å². The average Bonchev–Trinajstić information content (AvgIpc) is 2.34. The smallest absolute Gasteiger partial charge is 0.195 e. The van der Waals surface area contributed by atoms with E-state index in [2.05, 4.69) is 22.6 Å². The molecule has 0 saturated heterocycles. The van der Waals surface area contributed by atoms with E-state index in [1.807, 2.05) is 0 Å². The summed E-state index contributed by atoms with van der Waals surface area (Å²) in [5.41, 5.74) is 0.900. The number of benzene rings is 2. The first-order valence-electron chi connectivity index (χ1n) is 4.94. The van der Waals surface area contributed by atoms with E-state index in [-0.39, 0.29) is 5.78 Å². The van der Waals surface area contributed by atoms with Gasteiger partial charge in [0.05, 0.1) is 5.02 Å². The molecule has 0 unspecified atom stereocenters. The van der Waals surface area contributed by atoms with Crippen LogP contribution in [0.4, 0.5) is 0 Å². The van der Waals surface area contributed by atoms with Crippen molar-refractivity contribution in [2.45, 2.75) is 0 Å². The van der Waals surface area contributed by atoms with Gasteiger partial charge < -0.3 is 0 Å². The van der Waals surface area contributed by atoms with E-state index in [4.69, 9.17) is 34.8 Å². The van der Waals surface area contributed by atoms with Crippen molar-refractivity contribution >= 4 is 63.2 Å². The molecule has 92 valence electrons. The van der Waals surface area contributed by atoms with E-state index in [0.29, 0.717) is 26.2 Å². The Labute approximate surface area is 133 Å². The third-order valence-corrected chi connectivity index (χ3v) is 4.09. The van der Waals surface area contributed by atoms with Crippen LogP contribution >= 0.6 is 57.4 Å². The summed E-state index contributed by atoms with van der Waals surface area (Å²) >= 11 is 19.9. The van der Waals surface area contributed by atoms with Crippen LogP contribution in [0.1, 0.15) is 15.9 Å². The number of hydrogen-bond donors (Lipinski definition) is 0. The molecule has 18 heavy (non-hydrogen) atoms. The van der Waals surface area contributed by atoms with Crippen molar-refractivity contribution in [1.82, 2.24) is 0 Å². The Morgan fingerprint density at radius 1 is 0.889 bits per heavy atom. The number of halogens is 4. The minimum atomic E-state index is -0.186. The van der Waals surface area contributed by atoms with E-state index in [1.54, 1.807) is 36.4 Å². The Hall–Kier alpha value is -0.290. The maximum absolute atomic E-state index is 12.4. The van der Waals surface area contributed by atoms with Gasteiger partial charge in [0.1, 0.15) is 0 Å². The molecule has 0 fully saturated rings. The molecule has 1 nitrogen and oxygen atoms in total. The first kappa shape index (κ1) is 14.1. The lowest BCUT2D eigenvalue weighted by Crippen LogP contribution is -2.04. The number of ketones is 1. The van der Waals surface area contributed by atoms with Gasteiger partial charge in [0.25, 0.3) is 0 Å². The molecule has 0 aliphatic rings. The number of carbonyl (C=O) groups excluding carboxylic acids is 1. The molecule has 0 aliphatic heterocycles. The minimum Gasteiger partial charge on any atom is -0.289 e. The van der Waals surface area contributed by atoms with Gasteiger partial charge in [0.2, 0.25) is 0 Å². The summed E-state index contributed by atoms with van der Waals surface area (Å²) < 4.78 is 0.818. The van der Waals surface area contributed by atoms with Crippen molar-refractivity contribution in [2.24, 2.45) is 0 Å². The highest BCUT2D eigenvalue weighted by atomic mass is 127. The Morgan fingerprint density at radius 2 is 1.44 bits per heavy atom. The molecule has 5 heteroatoms. The predicted molar refractivity (Wildman–Crippen MR) is 84.1 cm³/mol. The Morgan fingerprint density at radius 3 is 2.11 bits per heavy atom. The van der Waals surface area contributed by atoms with Crippen molar-refractivity contribution in [3.05, 3.63) is 66.2 Å². The Bertz CT molecular complexity index is 572. The van der Waals surface area contributed by atoms with Gasteiger partial charge in [-0.3, -0.25) is 4.79 Å². The van der Waals surface area contributed by atoms with Crippen LogP contribution in [0.2, 0.25) is 15.1 Å². The van der Waals surface area contributed by atoms with Crippen molar-refractivity contribution < 1.29 is 4.79 Å². The number of rotatable bonds is 2. The quantitative estimate of drug-likeness (QED) is 0.472. The Balaban J connectivity index is 2.54. The van der Waals surface area contributed by atoms with Gasteiger partial charge in [-0.25, -0.2) is 0 Å². The molecular weight excluding hydrogens is 405 g/mol. The molecule has 0 aliphatic carbocycles. The van der Waals surface area contributed by atoms with Crippen molar-refractivity contribution in [1.29, 1.82) is 0 Å². The van der Waals surface area contributed by atoms with Crippen molar-refractivity contribution in [2.75, 3.05) is 0 Å².